The molecule has 2 unspecified atom stereocenters. The Labute approximate surface area is 130 Å². The Balaban J connectivity index is 2.62. The second-order valence-corrected chi connectivity index (χ2v) is 5.89. The minimum absolute atomic E-state index is 0.259. The van der Waals surface area contributed by atoms with Crippen LogP contribution in [0.1, 0.15) is 39.2 Å². The van der Waals surface area contributed by atoms with Crippen molar-refractivity contribution >= 4 is 0 Å². The van der Waals surface area contributed by atoms with E-state index in [1.807, 2.05) is 19.2 Å². The Hall–Kier alpha value is -1.06. The Morgan fingerprint density at radius 2 is 1.76 bits per heavy atom. The van der Waals surface area contributed by atoms with E-state index in [1.54, 1.807) is 7.11 Å². The van der Waals surface area contributed by atoms with Crippen LogP contribution in [0.25, 0.3) is 0 Å². The van der Waals surface area contributed by atoms with Crippen molar-refractivity contribution in [2.24, 2.45) is 5.92 Å². The summed E-state index contributed by atoms with van der Waals surface area (Å²) in [6, 6.07) is 8.75. The number of methoxy groups -OCH3 is 2. The quantitative estimate of drug-likeness (QED) is 0.714. The van der Waals surface area contributed by atoms with Gasteiger partial charge in [0.15, 0.2) is 0 Å². The first-order valence-electron chi connectivity index (χ1n) is 8.01. The maximum atomic E-state index is 5.71. The molecule has 0 aliphatic rings. The fourth-order valence-corrected chi connectivity index (χ4v) is 2.73. The number of hydrogen-bond donors (Lipinski definition) is 1. The summed E-state index contributed by atoms with van der Waals surface area (Å²) in [6.45, 7) is 7.69. The summed E-state index contributed by atoms with van der Waals surface area (Å²) in [5.41, 5.74) is 1.35. The number of ether oxygens (including phenoxy) is 2. The average molecular weight is 293 g/mol. The SMILES string of the molecule is CCCNC(CCc1ccc(OC)cc1)C(OC)C(C)C. The standard InChI is InChI=1S/C18H31NO2/c1-6-13-19-17(18(21-5)14(2)3)12-9-15-7-10-16(20-4)11-8-15/h7-8,10-11,14,17-19H,6,9,12-13H2,1-5H3. The Morgan fingerprint density at radius 1 is 1.10 bits per heavy atom. The molecule has 0 saturated heterocycles. The first kappa shape index (κ1) is 18.0. The topological polar surface area (TPSA) is 30.5 Å². The smallest absolute Gasteiger partial charge is 0.118 e. The van der Waals surface area contributed by atoms with E-state index in [9.17, 15) is 0 Å². The van der Waals surface area contributed by atoms with Crippen molar-refractivity contribution in [1.82, 2.24) is 5.32 Å². The molecule has 0 amide bonds. The summed E-state index contributed by atoms with van der Waals surface area (Å²) in [6.07, 6.45) is 3.55. The number of nitrogens with one attached hydrogen (secondary N) is 1. The lowest BCUT2D eigenvalue weighted by molar-refractivity contribution is 0.0308. The van der Waals surface area contributed by atoms with E-state index < -0.39 is 0 Å². The number of aryl methyl sites for hydroxylation is 1. The number of hydrogen-bond acceptors (Lipinski definition) is 3. The van der Waals surface area contributed by atoms with Crippen molar-refractivity contribution in [2.75, 3.05) is 20.8 Å². The highest BCUT2D eigenvalue weighted by molar-refractivity contribution is 5.27. The Morgan fingerprint density at radius 3 is 2.24 bits per heavy atom. The average Bonchev–Trinajstić information content (AvgIpc) is 2.50. The largest absolute Gasteiger partial charge is 0.497 e. The molecule has 3 heteroatoms. The van der Waals surface area contributed by atoms with Crippen molar-refractivity contribution in [3.8, 4) is 5.75 Å². The minimum Gasteiger partial charge on any atom is -0.497 e. The van der Waals surface area contributed by atoms with E-state index in [4.69, 9.17) is 9.47 Å². The van der Waals surface area contributed by atoms with Gasteiger partial charge in [-0.15, -0.1) is 0 Å². The molecule has 0 aliphatic carbocycles. The molecule has 0 fully saturated rings. The van der Waals surface area contributed by atoms with Gasteiger partial charge in [0, 0.05) is 13.2 Å². The van der Waals surface area contributed by atoms with Crippen LogP contribution in [0.5, 0.6) is 5.75 Å². The lowest BCUT2D eigenvalue weighted by atomic mass is 9.94. The summed E-state index contributed by atoms with van der Waals surface area (Å²) in [5, 5.41) is 3.64. The predicted molar refractivity (Wildman–Crippen MR) is 89.0 cm³/mol. The van der Waals surface area contributed by atoms with Crippen LogP contribution < -0.4 is 10.1 Å². The van der Waals surface area contributed by atoms with Gasteiger partial charge >= 0.3 is 0 Å². The summed E-state index contributed by atoms with van der Waals surface area (Å²) in [7, 11) is 3.52. The van der Waals surface area contributed by atoms with Crippen LogP contribution in [0.2, 0.25) is 0 Å². The third-order valence-corrected chi connectivity index (χ3v) is 3.89. The minimum atomic E-state index is 0.259. The molecule has 3 nitrogen and oxygen atoms in total. The van der Waals surface area contributed by atoms with Gasteiger partial charge in [0.1, 0.15) is 5.75 Å². The molecule has 0 spiro atoms. The van der Waals surface area contributed by atoms with Gasteiger partial charge in [-0.1, -0.05) is 32.9 Å². The van der Waals surface area contributed by atoms with Gasteiger partial charge < -0.3 is 14.8 Å². The molecule has 1 aromatic carbocycles. The van der Waals surface area contributed by atoms with Gasteiger partial charge in [-0.05, 0) is 49.4 Å². The predicted octanol–water partition coefficient (Wildman–Crippen LogP) is 3.67. The highest BCUT2D eigenvalue weighted by atomic mass is 16.5. The zero-order valence-corrected chi connectivity index (χ0v) is 14.2. The second-order valence-electron chi connectivity index (χ2n) is 5.89. The van der Waals surface area contributed by atoms with Crippen LogP contribution >= 0.6 is 0 Å². The zero-order valence-electron chi connectivity index (χ0n) is 14.2. The maximum absolute atomic E-state index is 5.71. The number of rotatable bonds is 10. The molecule has 0 radical (unpaired) electrons. The van der Waals surface area contributed by atoms with Crippen molar-refractivity contribution in [3.05, 3.63) is 29.8 Å². The molecule has 1 rings (SSSR count). The van der Waals surface area contributed by atoms with E-state index in [-0.39, 0.29) is 6.10 Å². The van der Waals surface area contributed by atoms with Crippen molar-refractivity contribution in [1.29, 1.82) is 0 Å². The van der Waals surface area contributed by atoms with Gasteiger partial charge in [0.25, 0.3) is 0 Å². The van der Waals surface area contributed by atoms with Gasteiger partial charge in [-0.3, -0.25) is 0 Å². The van der Waals surface area contributed by atoms with Crippen molar-refractivity contribution < 1.29 is 9.47 Å². The van der Waals surface area contributed by atoms with Crippen molar-refractivity contribution in [3.63, 3.8) is 0 Å². The molecule has 0 heterocycles. The van der Waals surface area contributed by atoms with Gasteiger partial charge in [0.2, 0.25) is 0 Å². The van der Waals surface area contributed by atoms with Gasteiger partial charge in [-0.25, -0.2) is 0 Å². The molecule has 0 bridgehead atoms. The zero-order chi connectivity index (χ0) is 15.7. The molecule has 1 N–H and O–H groups in total. The molecule has 1 aromatic rings. The van der Waals surface area contributed by atoms with E-state index in [1.165, 1.54) is 5.56 Å². The van der Waals surface area contributed by atoms with Gasteiger partial charge in [-0.2, -0.15) is 0 Å². The molecule has 0 aromatic heterocycles. The highest BCUT2D eigenvalue weighted by Gasteiger charge is 2.23. The third kappa shape index (κ3) is 6.06. The van der Waals surface area contributed by atoms with Gasteiger partial charge in [0.05, 0.1) is 13.2 Å². The number of benzene rings is 1. The summed E-state index contributed by atoms with van der Waals surface area (Å²) in [4.78, 5) is 0. The molecule has 0 aliphatic heterocycles. The first-order valence-corrected chi connectivity index (χ1v) is 8.01. The fourth-order valence-electron chi connectivity index (χ4n) is 2.73. The molecular weight excluding hydrogens is 262 g/mol. The molecular formula is C18H31NO2. The van der Waals surface area contributed by atoms with E-state index >= 15 is 0 Å². The lowest BCUT2D eigenvalue weighted by Gasteiger charge is -2.30. The summed E-state index contributed by atoms with van der Waals surface area (Å²) in [5.74, 6) is 1.43. The monoisotopic (exact) mass is 293 g/mol. The first-order chi connectivity index (χ1) is 10.1. The van der Waals surface area contributed by atoms with Crippen LogP contribution in [0.4, 0.5) is 0 Å². The highest BCUT2D eigenvalue weighted by Crippen LogP contribution is 2.17. The Kier molecular flexibility index (Phi) is 8.40. The summed E-state index contributed by atoms with van der Waals surface area (Å²) < 4.78 is 10.9. The van der Waals surface area contributed by atoms with Crippen LogP contribution in [-0.4, -0.2) is 32.9 Å². The third-order valence-electron chi connectivity index (χ3n) is 3.89. The van der Waals surface area contributed by atoms with E-state index in [0.717, 1.165) is 31.6 Å². The fraction of sp³-hybridized carbons (Fsp3) is 0.667. The van der Waals surface area contributed by atoms with Crippen LogP contribution in [0.15, 0.2) is 24.3 Å². The molecule has 2 atom stereocenters. The van der Waals surface area contributed by atoms with E-state index in [2.05, 4.69) is 38.2 Å². The lowest BCUT2D eigenvalue weighted by Crippen LogP contribution is -2.44. The van der Waals surface area contributed by atoms with Crippen LogP contribution in [0.3, 0.4) is 0 Å². The maximum Gasteiger partial charge on any atom is 0.118 e. The molecule has 21 heavy (non-hydrogen) atoms. The normalized spacial score (nSPS) is 14.2. The second kappa shape index (κ2) is 9.80. The van der Waals surface area contributed by atoms with Crippen molar-refractivity contribution in [2.45, 2.75) is 52.2 Å². The molecule has 120 valence electrons. The Bertz CT molecular complexity index is 375. The van der Waals surface area contributed by atoms with E-state index in [0.29, 0.717) is 12.0 Å². The summed E-state index contributed by atoms with van der Waals surface area (Å²) >= 11 is 0. The molecule has 0 saturated carbocycles. The van der Waals surface area contributed by atoms with Crippen LogP contribution in [0, 0.1) is 5.92 Å². The van der Waals surface area contributed by atoms with Crippen LogP contribution in [-0.2, 0) is 11.2 Å².